The van der Waals surface area contributed by atoms with Crippen molar-refractivity contribution in [1.29, 1.82) is 0 Å². The summed E-state index contributed by atoms with van der Waals surface area (Å²) in [6.45, 7) is 13.9. The van der Waals surface area contributed by atoms with E-state index in [0.717, 1.165) is 102 Å². The van der Waals surface area contributed by atoms with E-state index < -0.39 is 5.97 Å². The number of anilines is 2. The van der Waals surface area contributed by atoms with Gasteiger partial charge >= 0.3 is 5.97 Å². The van der Waals surface area contributed by atoms with Crippen LogP contribution in [0.15, 0.2) is 12.3 Å². The average Bonchev–Trinajstić information content (AvgIpc) is 3.43. The normalized spacial score (nSPS) is 15.1. The van der Waals surface area contributed by atoms with Gasteiger partial charge in [0.05, 0.1) is 12.7 Å². The summed E-state index contributed by atoms with van der Waals surface area (Å²) in [5.74, 6) is 0.712. The Balaban J connectivity index is 1.30. The van der Waals surface area contributed by atoms with E-state index in [0.29, 0.717) is 24.6 Å². The van der Waals surface area contributed by atoms with E-state index in [9.17, 15) is 4.79 Å². The Hall–Kier alpha value is -2.83. The lowest BCUT2D eigenvalue weighted by atomic mass is 10.0. The minimum Gasteiger partial charge on any atom is -0.481 e. The Kier molecular flexibility index (Phi) is 15.5. The highest BCUT2D eigenvalue weighted by Crippen LogP contribution is 2.18. The molecule has 0 amide bonds. The number of aryl methyl sites for hydroxylation is 2. The first-order chi connectivity index (χ1) is 20.4. The highest BCUT2D eigenvalue weighted by Gasteiger charge is 2.19. The molecule has 1 unspecified atom stereocenters. The number of piperidine rings is 1. The van der Waals surface area contributed by atoms with Crippen LogP contribution in [0.4, 0.5) is 11.8 Å². The fourth-order valence-electron chi connectivity index (χ4n) is 5.35. The van der Waals surface area contributed by atoms with Gasteiger partial charge in [-0.1, -0.05) is 25.5 Å². The van der Waals surface area contributed by atoms with Crippen LogP contribution in [0.25, 0.3) is 0 Å². The zero-order valence-corrected chi connectivity index (χ0v) is 26.1. The molecule has 1 saturated heterocycles. The van der Waals surface area contributed by atoms with E-state index in [-0.39, 0.29) is 6.42 Å². The van der Waals surface area contributed by atoms with Crippen LogP contribution in [-0.2, 0) is 17.9 Å². The third-order valence-corrected chi connectivity index (χ3v) is 7.76. The summed E-state index contributed by atoms with van der Waals surface area (Å²) in [7, 11) is 0. The maximum atomic E-state index is 10.7. The quantitative estimate of drug-likeness (QED) is 0.129. The summed E-state index contributed by atoms with van der Waals surface area (Å²) in [4.78, 5) is 22.4. The smallest absolute Gasteiger partial charge is 0.303 e. The Morgan fingerprint density at radius 2 is 1.88 bits per heavy atom. The highest BCUT2D eigenvalue weighted by atomic mass is 16.4. The van der Waals surface area contributed by atoms with Crippen LogP contribution >= 0.6 is 0 Å². The molecule has 1 aliphatic rings. The number of carbonyl (C=O) groups is 1. The maximum absolute atomic E-state index is 10.7. The van der Waals surface area contributed by atoms with Crippen LogP contribution in [0.2, 0.25) is 0 Å². The molecule has 0 bridgehead atoms. The third kappa shape index (κ3) is 13.4. The molecule has 12 heteroatoms. The fraction of sp³-hybridized carbons (Fsp3) is 0.767. The van der Waals surface area contributed by atoms with Gasteiger partial charge in [-0.2, -0.15) is 4.98 Å². The number of likely N-dealkylation sites (tertiary alicyclic amines) is 1. The van der Waals surface area contributed by atoms with Crippen LogP contribution in [0.5, 0.6) is 0 Å². The molecule has 1 aliphatic heterocycles. The standard InChI is InChI=1S/C30H54N10O2/c1-4-10-25(5-2)32-16-8-14-31-15-9-18-40-23-27(37-38-40)22-33-30-34-24(3)21-28(36-30)35-26-12-19-39(20-13-26)17-7-6-11-29(41)42/h21,23,25-26,31-32H,4-20,22H2,1-3H3,(H,41,42)(H2,33,34,35,36). The number of carboxylic acids is 1. The van der Waals surface area contributed by atoms with Crippen molar-refractivity contribution >= 4 is 17.7 Å². The number of nitrogens with zero attached hydrogens (tertiary/aromatic N) is 6. The number of aliphatic carboxylic acids is 1. The lowest BCUT2D eigenvalue weighted by Crippen LogP contribution is -2.39. The number of nitrogens with one attached hydrogen (secondary N) is 4. The van der Waals surface area contributed by atoms with Gasteiger partial charge in [0, 0.05) is 49.9 Å². The first kappa shape index (κ1) is 33.7. The number of carboxylic acid groups (broad SMARTS) is 1. The summed E-state index contributed by atoms with van der Waals surface area (Å²) in [6.07, 6.45) is 11.9. The van der Waals surface area contributed by atoms with Crippen LogP contribution in [0.1, 0.15) is 89.4 Å². The minimum absolute atomic E-state index is 0.259. The topological polar surface area (TPSA) is 145 Å². The molecular weight excluding hydrogens is 532 g/mol. The number of aromatic nitrogens is 5. The molecule has 0 aromatic carbocycles. The summed E-state index contributed by atoms with van der Waals surface area (Å²) in [5, 5.41) is 31.5. The van der Waals surface area contributed by atoms with Crippen molar-refractivity contribution in [2.24, 2.45) is 0 Å². The largest absolute Gasteiger partial charge is 0.481 e. The van der Waals surface area contributed by atoms with Gasteiger partial charge in [-0.15, -0.1) is 5.10 Å². The summed E-state index contributed by atoms with van der Waals surface area (Å²) in [6, 6.07) is 3.01. The molecule has 2 aromatic rings. The molecule has 0 radical (unpaired) electrons. The molecule has 3 rings (SSSR count). The van der Waals surface area contributed by atoms with Crippen molar-refractivity contribution in [3.05, 3.63) is 23.7 Å². The first-order valence-corrected chi connectivity index (χ1v) is 16.1. The van der Waals surface area contributed by atoms with Gasteiger partial charge in [0.25, 0.3) is 0 Å². The molecule has 236 valence electrons. The molecule has 2 aromatic heterocycles. The number of rotatable bonds is 22. The monoisotopic (exact) mass is 586 g/mol. The number of hydrogen-bond donors (Lipinski definition) is 5. The van der Waals surface area contributed by atoms with Crippen molar-refractivity contribution in [1.82, 2.24) is 40.5 Å². The third-order valence-electron chi connectivity index (χ3n) is 7.76. The highest BCUT2D eigenvalue weighted by molar-refractivity contribution is 5.66. The van der Waals surface area contributed by atoms with Crippen molar-refractivity contribution in [2.75, 3.05) is 49.9 Å². The van der Waals surface area contributed by atoms with Crippen LogP contribution in [0.3, 0.4) is 0 Å². The van der Waals surface area contributed by atoms with Crippen molar-refractivity contribution in [2.45, 2.75) is 110 Å². The van der Waals surface area contributed by atoms with Gasteiger partial charge in [0.15, 0.2) is 0 Å². The Morgan fingerprint density at radius 1 is 1.07 bits per heavy atom. The van der Waals surface area contributed by atoms with Crippen molar-refractivity contribution in [3.8, 4) is 0 Å². The summed E-state index contributed by atoms with van der Waals surface area (Å²) < 4.78 is 1.90. The molecule has 0 saturated carbocycles. The predicted molar refractivity (Wildman–Crippen MR) is 168 cm³/mol. The Labute approximate surface area is 251 Å². The Morgan fingerprint density at radius 3 is 2.64 bits per heavy atom. The van der Waals surface area contributed by atoms with E-state index in [1.165, 1.54) is 19.3 Å². The maximum Gasteiger partial charge on any atom is 0.303 e. The van der Waals surface area contributed by atoms with Gasteiger partial charge in [0.2, 0.25) is 5.95 Å². The van der Waals surface area contributed by atoms with Crippen LogP contribution < -0.4 is 21.3 Å². The molecule has 3 heterocycles. The second-order valence-corrected chi connectivity index (χ2v) is 11.5. The van der Waals surface area contributed by atoms with Gasteiger partial charge in [-0.3, -0.25) is 9.48 Å². The molecule has 1 fully saturated rings. The van der Waals surface area contributed by atoms with E-state index >= 15 is 0 Å². The first-order valence-electron chi connectivity index (χ1n) is 16.1. The van der Waals surface area contributed by atoms with E-state index in [2.05, 4.69) is 55.3 Å². The lowest BCUT2D eigenvalue weighted by molar-refractivity contribution is -0.137. The molecule has 0 spiro atoms. The van der Waals surface area contributed by atoms with Gasteiger partial charge < -0.3 is 31.3 Å². The molecule has 12 nitrogen and oxygen atoms in total. The van der Waals surface area contributed by atoms with Gasteiger partial charge in [-0.05, 0) is 84.5 Å². The number of hydrogen-bond acceptors (Lipinski definition) is 10. The second kappa shape index (κ2) is 19.4. The average molecular weight is 587 g/mol. The van der Waals surface area contributed by atoms with E-state index in [4.69, 9.17) is 10.1 Å². The molecular formula is C30H54N10O2. The van der Waals surface area contributed by atoms with Crippen molar-refractivity contribution < 1.29 is 9.90 Å². The fourth-order valence-corrected chi connectivity index (χ4v) is 5.35. The summed E-state index contributed by atoms with van der Waals surface area (Å²) in [5.41, 5.74) is 1.77. The number of unbranched alkanes of at least 4 members (excludes halogenated alkanes) is 1. The van der Waals surface area contributed by atoms with Gasteiger partial charge in [-0.25, -0.2) is 4.98 Å². The van der Waals surface area contributed by atoms with E-state index in [1.54, 1.807) is 0 Å². The molecule has 0 aliphatic carbocycles. The Bertz CT molecular complexity index is 1030. The molecule has 1 atom stereocenters. The van der Waals surface area contributed by atoms with Gasteiger partial charge in [0.1, 0.15) is 11.5 Å². The lowest BCUT2D eigenvalue weighted by Gasteiger charge is -2.32. The van der Waals surface area contributed by atoms with Crippen LogP contribution in [-0.4, -0.2) is 92.3 Å². The van der Waals surface area contributed by atoms with Crippen molar-refractivity contribution in [3.63, 3.8) is 0 Å². The second-order valence-electron chi connectivity index (χ2n) is 11.5. The zero-order chi connectivity index (χ0) is 30.0. The van der Waals surface area contributed by atoms with E-state index in [1.807, 2.05) is 23.9 Å². The summed E-state index contributed by atoms with van der Waals surface area (Å²) >= 11 is 0. The zero-order valence-electron chi connectivity index (χ0n) is 26.1. The molecule has 5 N–H and O–H groups in total. The molecule has 42 heavy (non-hydrogen) atoms. The minimum atomic E-state index is -0.709. The SMILES string of the molecule is CCCC(CC)NCCCNCCCn1cc(CNc2nc(C)cc(NC3CCN(CCCCC(=O)O)CC3)n2)nn1. The predicted octanol–water partition coefficient (Wildman–Crippen LogP) is 3.66. The van der Waals surface area contributed by atoms with Crippen LogP contribution in [0, 0.1) is 6.92 Å².